The monoisotopic (exact) mass is 602 g/mol. The van der Waals surface area contributed by atoms with E-state index in [-0.39, 0.29) is 0 Å². The van der Waals surface area contributed by atoms with Crippen molar-refractivity contribution < 1.29 is 9.47 Å². The van der Waals surface area contributed by atoms with Gasteiger partial charge in [0.25, 0.3) is 0 Å². The lowest BCUT2D eigenvalue weighted by Gasteiger charge is -2.11. The molecule has 6 rings (SSSR count). The van der Waals surface area contributed by atoms with Crippen LogP contribution in [0.25, 0.3) is 23.3 Å². The number of aromatic amines is 4. The van der Waals surface area contributed by atoms with Gasteiger partial charge in [-0.15, -0.1) is 0 Å². The second-order valence-corrected chi connectivity index (χ2v) is 12.1. The fraction of sp³-hybridized carbons (Fsp3) is 0.333. The zero-order chi connectivity index (χ0) is 31.0. The molecule has 4 N–H and O–H groups in total. The molecule has 6 heteroatoms. The molecule has 8 bridgehead atoms. The van der Waals surface area contributed by atoms with Crippen LogP contribution in [0.3, 0.4) is 0 Å². The maximum absolute atomic E-state index is 5.62. The van der Waals surface area contributed by atoms with Gasteiger partial charge >= 0.3 is 0 Å². The van der Waals surface area contributed by atoms with Crippen LogP contribution >= 0.6 is 0 Å². The van der Waals surface area contributed by atoms with E-state index in [1.54, 1.807) is 14.2 Å². The van der Waals surface area contributed by atoms with E-state index in [2.05, 4.69) is 87.5 Å². The van der Waals surface area contributed by atoms with Gasteiger partial charge in [0.15, 0.2) is 0 Å². The Morgan fingerprint density at radius 3 is 1.73 bits per heavy atom. The smallest absolute Gasteiger partial charge is 0.123 e. The van der Waals surface area contributed by atoms with Crippen molar-refractivity contribution >= 4 is 23.3 Å². The Hall–Kier alpha value is -4.58. The molecule has 1 aromatic carbocycles. The molecule has 0 fully saturated rings. The normalized spacial score (nSPS) is 12.6. The number of nitrogens with one attached hydrogen (secondary N) is 4. The Kier molecular flexibility index (Phi) is 9.79. The molecule has 0 saturated carbocycles. The van der Waals surface area contributed by atoms with Crippen LogP contribution in [-0.2, 0) is 0 Å². The number of methoxy groups -OCH3 is 2. The lowest BCUT2D eigenvalue weighted by molar-refractivity contribution is 0.394. The van der Waals surface area contributed by atoms with Gasteiger partial charge in [-0.25, -0.2) is 0 Å². The zero-order valence-corrected chi connectivity index (χ0v) is 26.9. The summed E-state index contributed by atoms with van der Waals surface area (Å²) in [5, 5.41) is 4.27. The van der Waals surface area contributed by atoms with Crippen molar-refractivity contribution in [2.75, 3.05) is 14.2 Å². The highest BCUT2D eigenvalue weighted by Crippen LogP contribution is 2.29. The van der Waals surface area contributed by atoms with Gasteiger partial charge in [0.05, 0.1) is 14.2 Å². The number of hydrogen-bond acceptors (Lipinski definition) is 2. The number of ether oxygens (including phenoxy) is 2. The van der Waals surface area contributed by atoms with Crippen molar-refractivity contribution in [1.82, 2.24) is 19.9 Å². The Morgan fingerprint density at radius 2 is 1.09 bits per heavy atom. The molecule has 1 aliphatic heterocycles. The number of hydrogen-bond donors (Lipinski definition) is 4. The maximum atomic E-state index is 5.62. The average Bonchev–Trinajstić information content (AvgIpc) is 3.88. The van der Waals surface area contributed by atoms with Crippen molar-refractivity contribution in [1.29, 1.82) is 0 Å². The number of unbranched alkanes of at least 4 members (excludes halogenated alkanes) is 8. The molecule has 0 atom stereocenters. The molecule has 0 saturated heterocycles. The van der Waals surface area contributed by atoms with E-state index < -0.39 is 0 Å². The molecule has 5 heterocycles. The highest BCUT2D eigenvalue weighted by Gasteiger charge is 2.14. The van der Waals surface area contributed by atoms with Gasteiger partial charge in [0.1, 0.15) is 11.5 Å². The number of aromatic nitrogens is 4. The van der Waals surface area contributed by atoms with Crippen LogP contribution in [0, 0.1) is 0 Å². The zero-order valence-electron chi connectivity index (χ0n) is 26.9. The third kappa shape index (κ3) is 7.39. The summed E-state index contributed by atoms with van der Waals surface area (Å²) in [6.07, 6.45) is 17.3. The number of rotatable bonds is 13. The summed E-state index contributed by atoms with van der Waals surface area (Å²) in [7, 11) is 3.36. The van der Waals surface area contributed by atoms with E-state index in [0.717, 1.165) is 62.2 Å². The van der Waals surface area contributed by atoms with Crippen LogP contribution in [0.1, 0.15) is 99.5 Å². The predicted molar refractivity (Wildman–Crippen MR) is 184 cm³/mol. The van der Waals surface area contributed by atoms with Crippen LogP contribution in [0.2, 0.25) is 0 Å². The molecule has 0 spiro atoms. The van der Waals surface area contributed by atoms with Gasteiger partial charge < -0.3 is 29.4 Å². The van der Waals surface area contributed by atoms with E-state index in [4.69, 9.17) is 9.47 Å². The third-order valence-corrected chi connectivity index (χ3v) is 8.82. The predicted octanol–water partition coefficient (Wildman–Crippen LogP) is 6.35. The first-order valence-corrected chi connectivity index (χ1v) is 16.6. The van der Waals surface area contributed by atoms with Crippen molar-refractivity contribution in [3.63, 3.8) is 0 Å². The Balaban J connectivity index is 1.37. The minimum atomic E-state index is 0.743. The topological polar surface area (TPSA) is 81.6 Å². The molecule has 0 aliphatic carbocycles. The van der Waals surface area contributed by atoms with Gasteiger partial charge in [-0.1, -0.05) is 58.3 Å². The molecule has 1 aliphatic rings. The summed E-state index contributed by atoms with van der Waals surface area (Å²) in [5.74, 6) is 1.49. The second-order valence-electron chi connectivity index (χ2n) is 12.1. The quantitative estimate of drug-likeness (QED) is 0.118. The Labute approximate surface area is 265 Å². The first-order valence-electron chi connectivity index (χ1n) is 16.6. The molecular weight excluding hydrogens is 556 g/mol. The third-order valence-electron chi connectivity index (χ3n) is 8.82. The molecule has 45 heavy (non-hydrogen) atoms. The molecule has 0 unspecified atom stereocenters. The first-order chi connectivity index (χ1) is 22.1. The summed E-state index contributed by atoms with van der Waals surface area (Å²) in [5.41, 5.74) is 7.64. The lowest BCUT2D eigenvalue weighted by atomic mass is 10.0. The molecule has 6 nitrogen and oxygen atoms in total. The van der Waals surface area contributed by atoms with Crippen LogP contribution < -0.4 is 30.9 Å². The number of benzene rings is 1. The van der Waals surface area contributed by atoms with Gasteiger partial charge in [-0.2, -0.15) is 0 Å². The van der Waals surface area contributed by atoms with Gasteiger partial charge in [0.2, 0.25) is 0 Å². The Morgan fingerprint density at radius 1 is 0.533 bits per heavy atom. The molecular formula is C39H46N4O2. The Bertz CT molecular complexity index is 1940. The van der Waals surface area contributed by atoms with Crippen molar-refractivity contribution in [2.45, 2.75) is 71.1 Å². The van der Waals surface area contributed by atoms with E-state index in [1.807, 2.05) is 18.2 Å². The van der Waals surface area contributed by atoms with Crippen LogP contribution in [0.4, 0.5) is 0 Å². The summed E-state index contributed by atoms with van der Waals surface area (Å²) < 4.78 is 11.2. The first kappa shape index (κ1) is 30.4. The van der Waals surface area contributed by atoms with E-state index in [0.29, 0.717) is 0 Å². The molecule has 5 aromatic rings. The van der Waals surface area contributed by atoms with Crippen molar-refractivity contribution in [2.24, 2.45) is 0 Å². The van der Waals surface area contributed by atoms with Crippen LogP contribution in [-0.4, -0.2) is 34.2 Å². The standard InChI is InChI=1S/C39H46N4O2/c1-4-5-6-7-8-9-10-11-12-13-34-35-18-14-28(40-35)24-30-16-20-37(42-30)39(27-22-32(44-2)26-33(23-27)45-3)38-21-17-31(43-38)25-29-15-19-36(34)41-29/h14-26,40-43H,4-13H2,1-3H3. The summed E-state index contributed by atoms with van der Waals surface area (Å²) in [6.45, 7) is 2.28. The van der Waals surface area contributed by atoms with Crippen LogP contribution in [0.5, 0.6) is 11.5 Å². The highest BCUT2D eigenvalue weighted by molar-refractivity contribution is 5.79. The summed E-state index contributed by atoms with van der Waals surface area (Å²) >= 11 is 0. The average molecular weight is 603 g/mol. The molecule has 0 amide bonds. The van der Waals surface area contributed by atoms with E-state index in [1.165, 1.54) is 74.4 Å². The fourth-order valence-electron chi connectivity index (χ4n) is 6.40. The van der Waals surface area contributed by atoms with Gasteiger partial charge in [-0.3, -0.25) is 0 Å². The van der Waals surface area contributed by atoms with E-state index in [9.17, 15) is 0 Å². The summed E-state index contributed by atoms with van der Waals surface area (Å²) in [4.78, 5) is 14.7. The van der Waals surface area contributed by atoms with Crippen molar-refractivity contribution in [3.8, 4) is 11.5 Å². The second kappa shape index (κ2) is 14.5. The fourth-order valence-corrected chi connectivity index (χ4v) is 6.40. The lowest BCUT2D eigenvalue weighted by Crippen LogP contribution is -2.15. The maximum Gasteiger partial charge on any atom is 0.123 e. The molecule has 0 radical (unpaired) electrons. The number of H-pyrrole nitrogens is 4. The minimum absolute atomic E-state index is 0.743. The van der Waals surface area contributed by atoms with Crippen molar-refractivity contribution in [3.05, 3.63) is 116 Å². The summed E-state index contributed by atoms with van der Waals surface area (Å²) in [6, 6.07) is 23.3. The number of fused-ring (bicyclic) bond motifs is 8. The van der Waals surface area contributed by atoms with Gasteiger partial charge in [0, 0.05) is 55.8 Å². The van der Waals surface area contributed by atoms with Gasteiger partial charge in [-0.05, 0) is 96.8 Å². The largest absolute Gasteiger partial charge is 0.497 e. The highest BCUT2D eigenvalue weighted by atomic mass is 16.5. The SMILES string of the molecule is CCCCCCCCCCCC1=c2ccc([nH]2)=Cc2ccc([nH]2)C(c2cc(OC)cc(OC)c2)=c2ccc([nH]2)=Cc2ccc1[nH]2. The minimum Gasteiger partial charge on any atom is -0.497 e. The van der Waals surface area contributed by atoms with Crippen LogP contribution in [0.15, 0.2) is 66.7 Å². The molecule has 4 aromatic heterocycles. The van der Waals surface area contributed by atoms with E-state index >= 15 is 0 Å². The molecule has 234 valence electrons.